The maximum atomic E-state index is 14.4. The third kappa shape index (κ3) is 3.81. The van der Waals surface area contributed by atoms with Crippen LogP contribution in [0, 0.1) is 5.92 Å². The fourth-order valence-corrected chi connectivity index (χ4v) is 4.70. The van der Waals surface area contributed by atoms with Crippen molar-refractivity contribution >= 4 is 17.6 Å². The van der Waals surface area contributed by atoms with Gasteiger partial charge in [0.1, 0.15) is 0 Å². The van der Waals surface area contributed by atoms with Crippen LogP contribution in [0.4, 0.5) is 13.2 Å². The van der Waals surface area contributed by atoms with Crippen LogP contribution < -0.4 is 5.32 Å². The Hall–Kier alpha value is -1.90. The summed E-state index contributed by atoms with van der Waals surface area (Å²) >= 11 is 0. The van der Waals surface area contributed by atoms with Gasteiger partial charge in [-0.05, 0) is 39.5 Å². The fourth-order valence-electron chi connectivity index (χ4n) is 4.70. The summed E-state index contributed by atoms with van der Waals surface area (Å²) in [5.41, 5.74) is -4.10. The Kier molecular flexibility index (Phi) is 6.08. The molecule has 0 radical (unpaired) electrons. The van der Waals surface area contributed by atoms with Gasteiger partial charge in [-0.3, -0.25) is 14.4 Å². The van der Waals surface area contributed by atoms with Crippen molar-refractivity contribution in [1.82, 2.24) is 10.2 Å². The molecule has 0 aromatic heterocycles. The van der Waals surface area contributed by atoms with Crippen molar-refractivity contribution in [3.8, 4) is 0 Å². The minimum atomic E-state index is -5.15. The molecule has 2 atom stereocenters. The SMILES string of the molecule is CC(=O)C1=C(C)N(C[C@H]2CCCO2)C(=O)[C@]1(NC(=O)C1CCCCC1)C(F)(F)F. The van der Waals surface area contributed by atoms with Gasteiger partial charge in [0.25, 0.3) is 5.91 Å². The second-order valence-corrected chi connectivity index (χ2v) is 8.14. The normalized spacial score (nSPS) is 28.9. The largest absolute Gasteiger partial charge is 0.425 e. The van der Waals surface area contributed by atoms with E-state index in [1.807, 2.05) is 5.32 Å². The summed E-state index contributed by atoms with van der Waals surface area (Å²) in [6.07, 6.45) is -0.757. The summed E-state index contributed by atoms with van der Waals surface area (Å²) in [5.74, 6) is -3.61. The number of rotatable bonds is 5. The zero-order valence-electron chi connectivity index (χ0n) is 16.7. The Morgan fingerprint density at radius 3 is 2.34 bits per heavy atom. The van der Waals surface area contributed by atoms with Crippen LogP contribution in [0.15, 0.2) is 11.3 Å². The van der Waals surface area contributed by atoms with Gasteiger partial charge in [0.15, 0.2) is 5.78 Å². The van der Waals surface area contributed by atoms with Crippen LogP contribution in [-0.2, 0) is 19.1 Å². The minimum Gasteiger partial charge on any atom is -0.376 e. The first-order valence-corrected chi connectivity index (χ1v) is 10.1. The number of carbonyl (C=O) groups is 3. The Balaban J connectivity index is 1.99. The van der Waals surface area contributed by atoms with Crippen molar-refractivity contribution in [2.45, 2.75) is 76.6 Å². The van der Waals surface area contributed by atoms with E-state index in [1.165, 1.54) is 6.92 Å². The maximum absolute atomic E-state index is 14.4. The maximum Gasteiger partial charge on any atom is 0.425 e. The standard InChI is InChI=1S/C20H27F3N2O4/c1-12-16(13(2)26)19(20(21,22)23,24-17(27)14-7-4-3-5-8-14)18(28)25(12)11-15-9-6-10-29-15/h14-15H,3-11H2,1-2H3,(H,24,27)/t15-,19+/m1/s1. The molecule has 162 valence electrons. The molecule has 9 heteroatoms. The van der Waals surface area contributed by atoms with E-state index in [2.05, 4.69) is 0 Å². The first-order chi connectivity index (χ1) is 13.6. The molecule has 1 aliphatic carbocycles. The van der Waals surface area contributed by atoms with Gasteiger partial charge in [-0.15, -0.1) is 0 Å². The lowest BCUT2D eigenvalue weighted by atomic mass is 9.84. The van der Waals surface area contributed by atoms with Crippen molar-refractivity contribution in [2.75, 3.05) is 13.2 Å². The minimum absolute atomic E-state index is 0.0701. The highest BCUT2D eigenvalue weighted by Crippen LogP contribution is 2.45. The molecule has 1 saturated carbocycles. The topological polar surface area (TPSA) is 75.7 Å². The third-order valence-corrected chi connectivity index (χ3v) is 6.18. The molecular formula is C20H27F3N2O4. The number of ether oxygens (including phenoxy) is 1. The van der Waals surface area contributed by atoms with E-state index in [-0.39, 0.29) is 18.3 Å². The number of Topliss-reactive ketones (excluding diaryl/α,β-unsaturated/α-hetero) is 1. The molecule has 6 nitrogen and oxygen atoms in total. The van der Waals surface area contributed by atoms with E-state index in [9.17, 15) is 27.6 Å². The number of allylic oxidation sites excluding steroid dienone is 1. The number of halogens is 3. The first-order valence-electron chi connectivity index (χ1n) is 10.1. The molecule has 0 unspecified atom stereocenters. The lowest BCUT2D eigenvalue weighted by Crippen LogP contribution is -2.67. The molecule has 2 fully saturated rings. The number of hydrogen-bond acceptors (Lipinski definition) is 4. The molecular weight excluding hydrogens is 389 g/mol. The highest BCUT2D eigenvalue weighted by Gasteiger charge is 2.70. The molecule has 1 N–H and O–H groups in total. The van der Waals surface area contributed by atoms with Crippen LogP contribution >= 0.6 is 0 Å². The van der Waals surface area contributed by atoms with Crippen molar-refractivity contribution in [3.05, 3.63) is 11.3 Å². The van der Waals surface area contributed by atoms with Crippen molar-refractivity contribution in [3.63, 3.8) is 0 Å². The highest BCUT2D eigenvalue weighted by molar-refractivity contribution is 6.12. The second kappa shape index (κ2) is 8.08. The zero-order chi connectivity index (χ0) is 21.4. The number of carbonyl (C=O) groups excluding carboxylic acids is 3. The van der Waals surface area contributed by atoms with Gasteiger partial charge in [-0.1, -0.05) is 19.3 Å². The van der Waals surface area contributed by atoms with E-state index in [0.29, 0.717) is 25.9 Å². The van der Waals surface area contributed by atoms with E-state index in [4.69, 9.17) is 4.74 Å². The molecule has 0 bridgehead atoms. The van der Waals surface area contributed by atoms with Gasteiger partial charge in [-0.2, -0.15) is 13.2 Å². The quantitative estimate of drug-likeness (QED) is 0.748. The Bertz CT molecular complexity index is 722. The summed E-state index contributed by atoms with van der Waals surface area (Å²) < 4.78 is 48.6. The summed E-state index contributed by atoms with van der Waals surface area (Å²) in [5, 5.41) is 1.99. The number of nitrogens with zero attached hydrogens (tertiary/aromatic N) is 1. The number of alkyl halides is 3. The predicted octanol–water partition coefficient (Wildman–Crippen LogP) is 2.87. The molecule has 3 rings (SSSR count). The molecule has 29 heavy (non-hydrogen) atoms. The average molecular weight is 416 g/mol. The van der Waals surface area contributed by atoms with Crippen LogP contribution in [0.5, 0.6) is 0 Å². The summed E-state index contributed by atoms with van der Waals surface area (Å²) in [6, 6.07) is 0. The molecule has 2 amide bonds. The highest BCUT2D eigenvalue weighted by atomic mass is 19.4. The Morgan fingerprint density at radius 1 is 1.17 bits per heavy atom. The van der Waals surface area contributed by atoms with Crippen LogP contribution in [-0.4, -0.2) is 53.5 Å². The lowest BCUT2D eigenvalue weighted by molar-refractivity contribution is -0.195. The van der Waals surface area contributed by atoms with Gasteiger partial charge in [0, 0.05) is 18.2 Å². The van der Waals surface area contributed by atoms with Gasteiger partial charge in [0.05, 0.1) is 18.2 Å². The fraction of sp³-hybridized carbons (Fsp3) is 0.750. The molecule has 2 aliphatic heterocycles. The molecule has 0 aromatic carbocycles. The number of amides is 2. The molecule has 0 aromatic rings. The van der Waals surface area contributed by atoms with Gasteiger partial charge < -0.3 is 15.0 Å². The summed E-state index contributed by atoms with van der Waals surface area (Å²) in [7, 11) is 0. The second-order valence-electron chi connectivity index (χ2n) is 8.14. The van der Waals surface area contributed by atoms with Crippen LogP contribution in [0.1, 0.15) is 58.8 Å². The number of hydrogen-bond donors (Lipinski definition) is 1. The Morgan fingerprint density at radius 2 is 1.83 bits per heavy atom. The predicted molar refractivity (Wildman–Crippen MR) is 97.6 cm³/mol. The zero-order valence-corrected chi connectivity index (χ0v) is 16.7. The van der Waals surface area contributed by atoms with Crippen LogP contribution in [0.3, 0.4) is 0 Å². The van der Waals surface area contributed by atoms with E-state index in [1.54, 1.807) is 0 Å². The first kappa shape index (κ1) is 21.8. The van der Waals surface area contributed by atoms with E-state index in [0.717, 1.165) is 37.5 Å². The summed E-state index contributed by atoms with van der Waals surface area (Å²) in [4.78, 5) is 39.1. The van der Waals surface area contributed by atoms with Crippen LogP contribution in [0.2, 0.25) is 0 Å². The van der Waals surface area contributed by atoms with Crippen molar-refractivity contribution in [2.24, 2.45) is 5.92 Å². The third-order valence-electron chi connectivity index (χ3n) is 6.18. The molecule has 1 saturated heterocycles. The van der Waals surface area contributed by atoms with Gasteiger partial charge in [-0.25, -0.2) is 0 Å². The van der Waals surface area contributed by atoms with Crippen LogP contribution in [0.25, 0.3) is 0 Å². The van der Waals surface area contributed by atoms with E-state index >= 15 is 0 Å². The van der Waals surface area contributed by atoms with E-state index < -0.39 is 40.8 Å². The lowest BCUT2D eigenvalue weighted by Gasteiger charge is -2.35. The van der Waals surface area contributed by atoms with Gasteiger partial charge in [0.2, 0.25) is 11.4 Å². The Labute approximate surface area is 167 Å². The average Bonchev–Trinajstić information content (AvgIpc) is 3.23. The molecule has 3 aliphatic rings. The number of ketones is 1. The number of nitrogens with one attached hydrogen (secondary N) is 1. The smallest absolute Gasteiger partial charge is 0.376 e. The monoisotopic (exact) mass is 416 g/mol. The molecule has 0 spiro atoms. The molecule has 2 heterocycles. The van der Waals surface area contributed by atoms with Crippen molar-refractivity contribution in [1.29, 1.82) is 0 Å². The van der Waals surface area contributed by atoms with Gasteiger partial charge >= 0.3 is 6.18 Å². The van der Waals surface area contributed by atoms with Crippen molar-refractivity contribution < 1.29 is 32.3 Å². The summed E-state index contributed by atoms with van der Waals surface area (Å²) in [6.45, 7) is 2.73.